The lowest BCUT2D eigenvalue weighted by atomic mass is 10.2. The number of nitrogens with zero attached hydrogens (tertiary/aromatic N) is 2. The van der Waals surface area contributed by atoms with Gasteiger partial charge in [0.1, 0.15) is 4.90 Å². The minimum atomic E-state index is -3.91. The van der Waals surface area contributed by atoms with Crippen molar-refractivity contribution in [2.45, 2.75) is 18.7 Å². The zero-order chi connectivity index (χ0) is 20.9. The highest BCUT2D eigenvalue weighted by Gasteiger charge is 2.30. The molecule has 11 heteroatoms. The molecule has 1 aliphatic rings. The summed E-state index contributed by atoms with van der Waals surface area (Å²) in [7, 11) is -3.91. The molecule has 0 spiro atoms. The van der Waals surface area contributed by atoms with Crippen LogP contribution >= 0.6 is 23.2 Å². The van der Waals surface area contributed by atoms with E-state index in [4.69, 9.17) is 27.9 Å². The molecule has 28 heavy (non-hydrogen) atoms. The first-order valence-corrected chi connectivity index (χ1v) is 11.0. The van der Waals surface area contributed by atoms with Crippen LogP contribution in [0, 0.1) is 0 Å². The molecule has 0 bridgehead atoms. The normalized spacial score (nSPS) is 15.3. The lowest BCUT2D eigenvalue weighted by Crippen LogP contribution is -2.41. The molecule has 0 radical (unpaired) electrons. The molecular formula is C17H23Cl2N3O5S. The Balaban J connectivity index is 2.25. The molecule has 1 heterocycles. The van der Waals surface area contributed by atoms with Crippen LogP contribution in [0.2, 0.25) is 10.0 Å². The summed E-state index contributed by atoms with van der Waals surface area (Å²) in [5.74, 6) is -0.898. The third-order valence-electron chi connectivity index (χ3n) is 4.37. The van der Waals surface area contributed by atoms with Gasteiger partial charge in [0.15, 0.2) is 0 Å². The van der Waals surface area contributed by atoms with E-state index in [9.17, 15) is 18.0 Å². The molecule has 8 nitrogen and oxygen atoms in total. The molecule has 1 fully saturated rings. The van der Waals surface area contributed by atoms with Crippen LogP contribution in [-0.2, 0) is 19.6 Å². The van der Waals surface area contributed by atoms with E-state index in [1.165, 1.54) is 10.4 Å². The van der Waals surface area contributed by atoms with Crippen molar-refractivity contribution >= 4 is 45.0 Å². The van der Waals surface area contributed by atoms with Gasteiger partial charge in [-0.1, -0.05) is 23.2 Å². The predicted octanol–water partition coefficient (Wildman–Crippen LogP) is 1.61. The van der Waals surface area contributed by atoms with Gasteiger partial charge in [-0.25, -0.2) is 8.42 Å². The second kappa shape index (κ2) is 9.89. The number of nitrogens with one attached hydrogen (secondary N) is 1. The van der Waals surface area contributed by atoms with Crippen molar-refractivity contribution in [3.8, 4) is 0 Å². The molecule has 0 aromatic heterocycles. The van der Waals surface area contributed by atoms with Gasteiger partial charge >= 0.3 is 0 Å². The molecule has 156 valence electrons. The Kier molecular flexibility index (Phi) is 8.08. The fraction of sp³-hybridized carbons (Fsp3) is 0.529. The SMILES string of the molecule is CCN(CC)C(=O)CNC(=O)c1cc(S(=O)(=O)N2CCOCC2)c(Cl)cc1Cl. The minimum Gasteiger partial charge on any atom is -0.379 e. The van der Waals surface area contributed by atoms with Crippen molar-refractivity contribution in [1.29, 1.82) is 0 Å². The van der Waals surface area contributed by atoms with Crippen molar-refractivity contribution in [1.82, 2.24) is 14.5 Å². The quantitative estimate of drug-likeness (QED) is 0.678. The van der Waals surface area contributed by atoms with Crippen molar-refractivity contribution in [3.05, 3.63) is 27.7 Å². The van der Waals surface area contributed by atoms with E-state index in [1.54, 1.807) is 4.90 Å². The summed E-state index contributed by atoms with van der Waals surface area (Å²) in [6, 6.07) is 2.37. The molecule has 1 saturated heterocycles. The highest BCUT2D eigenvalue weighted by molar-refractivity contribution is 7.89. The van der Waals surface area contributed by atoms with Gasteiger partial charge in [0, 0.05) is 26.2 Å². The molecule has 1 aromatic rings. The van der Waals surface area contributed by atoms with Crippen molar-refractivity contribution in [3.63, 3.8) is 0 Å². The van der Waals surface area contributed by atoms with E-state index < -0.39 is 15.9 Å². The summed E-state index contributed by atoms with van der Waals surface area (Å²) < 4.78 is 32.2. The van der Waals surface area contributed by atoms with Crippen LogP contribution in [0.5, 0.6) is 0 Å². The first-order valence-electron chi connectivity index (χ1n) is 8.85. The van der Waals surface area contributed by atoms with E-state index in [2.05, 4.69) is 5.32 Å². The maximum Gasteiger partial charge on any atom is 0.253 e. The average molecular weight is 452 g/mol. The number of benzene rings is 1. The van der Waals surface area contributed by atoms with Gasteiger partial charge in [0.25, 0.3) is 5.91 Å². The lowest BCUT2D eigenvalue weighted by molar-refractivity contribution is -0.129. The van der Waals surface area contributed by atoms with Crippen molar-refractivity contribution in [2.75, 3.05) is 45.9 Å². The molecule has 1 aliphatic heterocycles. The Labute approximate surface area is 174 Å². The lowest BCUT2D eigenvalue weighted by Gasteiger charge is -2.26. The van der Waals surface area contributed by atoms with Gasteiger partial charge < -0.3 is 15.0 Å². The van der Waals surface area contributed by atoms with Crippen LogP contribution in [0.4, 0.5) is 0 Å². The van der Waals surface area contributed by atoms with Crippen LogP contribution < -0.4 is 5.32 Å². The van der Waals surface area contributed by atoms with Crippen LogP contribution in [-0.4, -0.2) is 75.4 Å². The summed E-state index contributed by atoms with van der Waals surface area (Å²) in [5, 5.41) is 2.40. The molecule has 0 atom stereocenters. The first kappa shape index (κ1) is 22.9. The summed E-state index contributed by atoms with van der Waals surface area (Å²) in [5.41, 5.74) is -0.0646. The van der Waals surface area contributed by atoms with Crippen molar-refractivity contribution < 1.29 is 22.7 Å². The summed E-state index contributed by atoms with van der Waals surface area (Å²) in [4.78, 5) is 25.9. The highest BCUT2D eigenvalue weighted by atomic mass is 35.5. The van der Waals surface area contributed by atoms with Gasteiger partial charge in [-0.3, -0.25) is 9.59 Å². The second-order valence-corrected chi connectivity index (χ2v) is 8.75. The Bertz CT molecular complexity index is 837. The second-order valence-electron chi connectivity index (χ2n) is 6.03. The van der Waals surface area contributed by atoms with Gasteiger partial charge in [-0.05, 0) is 26.0 Å². The maximum absolute atomic E-state index is 12.9. The van der Waals surface area contributed by atoms with Crippen LogP contribution in [0.15, 0.2) is 17.0 Å². The number of morpholine rings is 1. The third-order valence-corrected chi connectivity index (χ3v) is 7.05. The molecule has 1 N–H and O–H groups in total. The van der Waals surface area contributed by atoms with Crippen LogP contribution in [0.25, 0.3) is 0 Å². The monoisotopic (exact) mass is 451 g/mol. The minimum absolute atomic E-state index is 0.00119. The number of amides is 2. The maximum atomic E-state index is 12.9. The van der Waals surface area contributed by atoms with Gasteiger partial charge in [0.05, 0.1) is 35.4 Å². The molecule has 2 rings (SSSR count). The van der Waals surface area contributed by atoms with Crippen LogP contribution in [0.3, 0.4) is 0 Å². The van der Waals surface area contributed by atoms with E-state index in [1.807, 2.05) is 13.8 Å². The Morgan fingerprint density at radius 2 is 1.75 bits per heavy atom. The number of carbonyl (C=O) groups excluding carboxylic acids is 2. The average Bonchev–Trinajstić information content (AvgIpc) is 2.67. The smallest absolute Gasteiger partial charge is 0.253 e. The molecule has 2 amide bonds. The van der Waals surface area contributed by atoms with E-state index >= 15 is 0 Å². The third kappa shape index (κ3) is 5.15. The summed E-state index contributed by atoms with van der Waals surface area (Å²) in [6.45, 7) is 5.46. The number of sulfonamides is 1. The van der Waals surface area contributed by atoms with E-state index in [-0.39, 0.29) is 59.3 Å². The van der Waals surface area contributed by atoms with Gasteiger partial charge in [-0.2, -0.15) is 4.31 Å². The number of halogens is 2. The zero-order valence-electron chi connectivity index (χ0n) is 15.7. The number of likely N-dealkylation sites (N-methyl/N-ethyl adjacent to an activating group) is 1. The highest BCUT2D eigenvalue weighted by Crippen LogP contribution is 2.31. The molecule has 0 aliphatic carbocycles. The molecular weight excluding hydrogens is 429 g/mol. The first-order chi connectivity index (χ1) is 13.2. The fourth-order valence-corrected chi connectivity index (χ4v) is 5.01. The van der Waals surface area contributed by atoms with E-state index in [0.29, 0.717) is 13.1 Å². The predicted molar refractivity (Wildman–Crippen MR) is 106 cm³/mol. The Morgan fingerprint density at radius 3 is 2.32 bits per heavy atom. The largest absolute Gasteiger partial charge is 0.379 e. The fourth-order valence-electron chi connectivity index (χ4n) is 2.77. The zero-order valence-corrected chi connectivity index (χ0v) is 18.0. The standard InChI is InChI=1S/C17H23Cl2N3O5S/c1-3-21(4-2)16(23)11-20-17(24)12-9-15(14(19)10-13(12)18)28(25,26)22-5-7-27-8-6-22/h9-10H,3-8,11H2,1-2H3,(H,20,24). The van der Waals surface area contributed by atoms with Crippen LogP contribution in [0.1, 0.15) is 24.2 Å². The number of carbonyl (C=O) groups is 2. The molecule has 0 saturated carbocycles. The Hall–Kier alpha value is -1.39. The number of rotatable bonds is 7. The summed E-state index contributed by atoms with van der Waals surface area (Å²) in [6.07, 6.45) is 0. The number of ether oxygens (including phenoxy) is 1. The van der Waals surface area contributed by atoms with Gasteiger partial charge in [0.2, 0.25) is 15.9 Å². The molecule has 1 aromatic carbocycles. The van der Waals surface area contributed by atoms with E-state index in [0.717, 1.165) is 6.07 Å². The topological polar surface area (TPSA) is 96.0 Å². The molecule has 0 unspecified atom stereocenters. The Morgan fingerprint density at radius 1 is 1.14 bits per heavy atom. The number of hydrogen-bond donors (Lipinski definition) is 1. The van der Waals surface area contributed by atoms with Gasteiger partial charge in [-0.15, -0.1) is 0 Å². The van der Waals surface area contributed by atoms with Crippen molar-refractivity contribution in [2.24, 2.45) is 0 Å². The number of hydrogen-bond acceptors (Lipinski definition) is 5. The summed E-state index contributed by atoms with van der Waals surface area (Å²) >= 11 is 12.2.